The highest BCUT2D eigenvalue weighted by Gasteiger charge is 2.42. The molecule has 0 unspecified atom stereocenters. The molecule has 5 rings (SSSR count). The third-order valence-electron chi connectivity index (χ3n) is 8.71. The Morgan fingerprint density at radius 1 is 0.638 bits per heavy atom. The minimum absolute atomic E-state index is 0.134. The molecule has 1 aliphatic rings. The Morgan fingerprint density at radius 3 is 1.77 bits per heavy atom. The van der Waals surface area contributed by atoms with E-state index < -0.39 is 75.1 Å². The summed E-state index contributed by atoms with van der Waals surface area (Å²) in [5.41, 5.74) is -3.61. The predicted molar refractivity (Wildman–Crippen MR) is 157 cm³/mol. The van der Waals surface area contributed by atoms with Crippen molar-refractivity contribution in [2.75, 3.05) is 0 Å². The van der Waals surface area contributed by atoms with Crippen molar-refractivity contribution in [3.8, 4) is 28.0 Å². The number of hydrogen-bond acceptors (Lipinski definition) is 1. The molecule has 0 heterocycles. The SMILES string of the molecule is CCCCCC1CCC(c2ccc(-c3cc(F)c(C(F)(F)Oc4cc(F)c(-c5cc(F)c(F)c(F)c5)c(F)c4)c(F)c3)c(F)c2)CC1. The Kier molecular flexibility index (Phi) is 10.2. The van der Waals surface area contributed by atoms with Gasteiger partial charge in [0.05, 0.1) is 5.56 Å². The summed E-state index contributed by atoms with van der Waals surface area (Å²) < 4.78 is 149. The average molecular weight is 669 g/mol. The summed E-state index contributed by atoms with van der Waals surface area (Å²) >= 11 is 0. The standard InChI is InChI=1S/C36H30F10O/c1-2-3-4-5-19-6-8-20(9-7-19)21-10-11-25(26(37)12-21)22-13-29(40)34(30(41)14-22)36(45,46)47-24-17-27(38)33(28(39)18-24)23-15-31(42)35(44)32(43)16-23/h10-20H,2-9H2,1H3. The first-order valence-electron chi connectivity index (χ1n) is 15.3. The van der Waals surface area contributed by atoms with Crippen molar-refractivity contribution in [3.63, 3.8) is 0 Å². The Bertz CT molecular complexity index is 1690. The highest BCUT2D eigenvalue weighted by Crippen LogP contribution is 2.41. The molecule has 11 heteroatoms. The summed E-state index contributed by atoms with van der Waals surface area (Å²) in [5.74, 6) is -13.6. The molecule has 0 saturated heterocycles. The second-order valence-corrected chi connectivity index (χ2v) is 11.9. The summed E-state index contributed by atoms with van der Waals surface area (Å²) in [5, 5.41) is 0. The van der Waals surface area contributed by atoms with Crippen LogP contribution in [-0.2, 0) is 6.11 Å². The Hall–Kier alpha value is -4.02. The first-order chi connectivity index (χ1) is 22.3. The first-order valence-corrected chi connectivity index (χ1v) is 15.3. The van der Waals surface area contributed by atoms with Crippen molar-refractivity contribution < 1.29 is 48.6 Å². The van der Waals surface area contributed by atoms with Crippen molar-refractivity contribution in [3.05, 3.63) is 112 Å². The van der Waals surface area contributed by atoms with E-state index in [4.69, 9.17) is 0 Å². The topological polar surface area (TPSA) is 9.23 Å². The molecule has 0 aliphatic heterocycles. The zero-order valence-corrected chi connectivity index (χ0v) is 25.2. The van der Waals surface area contributed by atoms with Gasteiger partial charge in [-0.15, -0.1) is 0 Å². The summed E-state index contributed by atoms with van der Waals surface area (Å²) in [7, 11) is 0. The summed E-state index contributed by atoms with van der Waals surface area (Å²) in [6.45, 7) is 2.15. The van der Waals surface area contributed by atoms with Gasteiger partial charge in [-0.1, -0.05) is 44.7 Å². The number of ether oxygens (including phenoxy) is 1. The van der Waals surface area contributed by atoms with Gasteiger partial charge < -0.3 is 4.74 Å². The largest absolute Gasteiger partial charge is 0.432 e. The van der Waals surface area contributed by atoms with Gasteiger partial charge in [-0.25, -0.2) is 35.1 Å². The van der Waals surface area contributed by atoms with Crippen molar-refractivity contribution >= 4 is 0 Å². The fraction of sp³-hybridized carbons (Fsp3) is 0.333. The van der Waals surface area contributed by atoms with Crippen molar-refractivity contribution in [2.45, 2.75) is 70.3 Å². The number of hydrogen-bond donors (Lipinski definition) is 0. The van der Waals surface area contributed by atoms with Gasteiger partial charge in [0.1, 0.15) is 40.4 Å². The van der Waals surface area contributed by atoms with E-state index in [1.54, 1.807) is 6.07 Å². The normalized spacial score (nSPS) is 16.8. The van der Waals surface area contributed by atoms with Crippen LogP contribution >= 0.6 is 0 Å². The molecule has 0 radical (unpaired) electrons. The predicted octanol–water partition coefficient (Wildman–Crippen LogP) is 12.1. The highest BCUT2D eigenvalue weighted by molar-refractivity contribution is 5.67. The van der Waals surface area contributed by atoms with E-state index in [1.807, 2.05) is 0 Å². The first kappa shape index (κ1) is 34.3. The molecule has 4 aromatic carbocycles. The molecule has 0 atom stereocenters. The van der Waals surface area contributed by atoms with Crippen LogP contribution < -0.4 is 4.74 Å². The van der Waals surface area contributed by atoms with Gasteiger partial charge >= 0.3 is 6.11 Å². The zero-order chi connectivity index (χ0) is 34.0. The third kappa shape index (κ3) is 7.44. The molecule has 1 fully saturated rings. The van der Waals surface area contributed by atoms with Gasteiger partial charge in [0.2, 0.25) is 0 Å². The average Bonchev–Trinajstić information content (AvgIpc) is 2.99. The lowest BCUT2D eigenvalue weighted by molar-refractivity contribution is -0.189. The number of alkyl halides is 2. The van der Waals surface area contributed by atoms with E-state index in [2.05, 4.69) is 11.7 Å². The van der Waals surface area contributed by atoms with Gasteiger partial charge in [-0.05, 0) is 84.5 Å². The molecule has 0 N–H and O–H groups in total. The van der Waals surface area contributed by atoms with Gasteiger partial charge in [0, 0.05) is 17.7 Å². The molecule has 0 aromatic heterocycles. The summed E-state index contributed by atoms with van der Waals surface area (Å²) in [6.07, 6.45) is 3.74. The van der Waals surface area contributed by atoms with Crippen LogP contribution in [0.3, 0.4) is 0 Å². The number of rotatable bonds is 10. The molecule has 0 spiro atoms. The van der Waals surface area contributed by atoms with Gasteiger partial charge in [0.25, 0.3) is 0 Å². The second-order valence-electron chi connectivity index (χ2n) is 11.9. The Labute approximate surface area is 265 Å². The second kappa shape index (κ2) is 14.0. The van der Waals surface area contributed by atoms with Crippen LogP contribution in [0.25, 0.3) is 22.3 Å². The zero-order valence-electron chi connectivity index (χ0n) is 25.2. The number of halogens is 10. The molecule has 0 amide bonds. The van der Waals surface area contributed by atoms with Crippen molar-refractivity contribution in [1.82, 2.24) is 0 Å². The lowest BCUT2D eigenvalue weighted by Crippen LogP contribution is -2.25. The van der Waals surface area contributed by atoms with Gasteiger partial charge in [0.15, 0.2) is 17.5 Å². The van der Waals surface area contributed by atoms with Crippen LogP contribution in [0.15, 0.2) is 54.6 Å². The molecular weight excluding hydrogens is 638 g/mol. The monoisotopic (exact) mass is 668 g/mol. The molecular formula is C36H30F10O. The number of unbranched alkanes of at least 4 members (excludes halogenated alkanes) is 2. The fourth-order valence-corrected chi connectivity index (χ4v) is 6.28. The molecule has 0 bridgehead atoms. The maximum absolute atomic E-state index is 15.2. The van der Waals surface area contributed by atoms with E-state index >= 15 is 22.0 Å². The van der Waals surface area contributed by atoms with Crippen LogP contribution in [0.1, 0.15) is 75.3 Å². The van der Waals surface area contributed by atoms with Gasteiger partial charge in [-0.2, -0.15) is 8.78 Å². The molecule has 1 nitrogen and oxygen atoms in total. The lowest BCUT2D eigenvalue weighted by Gasteiger charge is -2.29. The van der Waals surface area contributed by atoms with Crippen molar-refractivity contribution in [2.24, 2.45) is 5.92 Å². The highest BCUT2D eigenvalue weighted by atomic mass is 19.3. The molecule has 47 heavy (non-hydrogen) atoms. The molecule has 1 aliphatic carbocycles. The van der Waals surface area contributed by atoms with Crippen LogP contribution in [0.4, 0.5) is 43.9 Å². The fourth-order valence-electron chi connectivity index (χ4n) is 6.28. The minimum Gasteiger partial charge on any atom is -0.429 e. The van der Waals surface area contributed by atoms with Crippen molar-refractivity contribution in [1.29, 1.82) is 0 Å². The minimum atomic E-state index is -4.82. The maximum Gasteiger partial charge on any atom is 0.432 e. The quantitative estimate of drug-likeness (QED) is 0.0929. The van der Waals surface area contributed by atoms with E-state index in [0.717, 1.165) is 37.7 Å². The Morgan fingerprint density at radius 2 is 1.21 bits per heavy atom. The van der Waals surface area contributed by atoms with E-state index in [9.17, 15) is 22.0 Å². The third-order valence-corrected chi connectivity index (χ3v) is 8.71. The number of benzene rings is 4. The smallest absolute Gasteiger partial charge is 0.429 e. The Balaban J connectivity index is 1.34. The van der Waals surface area contributed by atoms with Crippen LogP contribution in [0.2, 0.25) is 0 Å². The van der Waals surface area contributed by atoms with Crippen LogP contribution in [0, 0.1) is 52.5 Å². The van der Waals surface area contributed by atoms with E-state index in [-0.39, 0.29) is 41.3 Å². The molecule has 1 saturated carbocycles. The summed E-state index contributed by atoms with van der Waals surface area (Å²) in [6, 6.07) is 6.26. The van der Waals surface area contributed by atoms with Crippen LogP contribution in [0.5, 0.6) is 5.75 Å². The van der Waals surface area contributed by atoms with Crippen LogP contribution in [-0.4, -0.2) is 0 Å². The van der Waals surface area contributed by atoms with E-state index in [0.29, 0.717) is 18.1 Å². The maximum atomic E-state index is 15.2. The lowest BCUT2D eigenvalue weighted by atomic mass is 9.77. The molecule has 250 valence electrons. The molecule has 4 aromatic rings. The van der Waals surface area contributed by atoms with E-state index in [1.165, 1.54) is 31.4 Å². The van der Waals surface area contributed by atoms with Gasteiger partial charge in [-0.3, -0.25) is 0 Å². The summed E-state index contributed by atoms with van der Waals surface area (Å²) in [4.78, 5) is 0.